The molecule has 6 heteroatoms. The second-order valence-electron chi connectivity index (χ2n) is 9.88. The normalized spacial score (nSPS) is 25.0. The number of ether oxygens (including phenoxy) is 1. The predicted molar refractivity (Wildman–Crippen MR) is 132 cm³/mol. The highest BCUT2D eigenvalue weighted by atomic mass is 16.5. The van der Waals surface area contributed by atoms with Crippen molar-refractivity contribution >= 4 is 5.96 Å². The summed E-state index contributed by atoms with van der Waals surface area (Å²) < 4.78 is 5.63. The molecule has 178 valence electrons. The van der Waals surface area contributed by atoms with Crippen LogP contribution in [-0.4, -0.2) is 87.4 Å². The van der Waals surface area contributed by atoms with E-state index in [0.717, 1.165) is 58.3 Å². The topological polar surface area (TPSA) is 52.1 Å². The molecular weight excluding hydrogens is 398 g/mol. The van der Waals surface area contributed by atoms with Crippen LogP contribution in [0.3, 0.4) is 0 Å². The van der Waals surface area contributed by atoms with Crippen molar-refractivity contribution in [3.05, 3.63) is 35.9 Å². The molecule has 1 aromatic carbocycles. The van der Waals surface area contributed by atoms with E-state index in [1.807, 2.05) is 7.05 Å². The molecule has 0 bridgehead atoms. The Morgan fingerprint density at radius 1 is 1.06 bits per heavy atom. The monoisotopic (exact) mass is 441 g/mol. The Morgan fingerprint density at radius 3 is 2.59 bits per heavy atom. The van der Waals surface area contributed by atoms with Gasteiger partial charge in [-0.25, -0.2) is 0 Å². The van der Waals surface area contributed by atoms with Gasteiger partial charge in [0.15, 0.2) is 5.96 Å². The first-order valence-corrected chi connectivity index (χ1v) is 12.8. The number of hydrogen-bond acceptors (Lipinski definition) is 4. The van der Waals surface area contributed by atoms with Crippen LogP contribution in [0, 0.1) is 5.92 Å². The summed E-state index contributed by atoms with van der Waals surface area (Å²) in [5, 5.41) is 7.34. The summed E-state index contributed by atoms with van der Waals surface area (Å²) in [6.45, 7) is 9.43. The molecule has 6 nitrogen and oxygen atoms in total. The summed E-state index contributed by atoms with van der Waals surface area (Å²) in [5.74, 6) is 1.66. The van der Waals surface area contributed by atoms with Gasteiger partial charge in [-0.05, 0) is 43.7 Å². The molecule has 1 saturated carbocycles. The number of morpholine rings is 1. The average Bonchev–Trinajstić information content (AvgIpc) is 3.32. The van der Waals surface area contributed by atoms with Gasteiger partial charge in [0.25, 0.3) is 0 Å². The molecule has 1 aromatic rings. The Balaban J connectivity index is 1.20. The first-order valence-electron chi connectivity index (χ1n) is 12.8. The number of hydrogen-bond donors (Lipinski definition) is 2. The minimum atomic E-state index is 0.265. The number of nitrogens with zero attached hydrogens (tertiary/aromatic N) is 3. The zero-order chi connectivity index (χ0) is 22.1. The molecular formula is C26H43N5O. The Morgan fingerprint density at radius 2 is 1.84 bits per heavy atom. The fourth-order valence-electron chi connectivity index (χ4n) is 5.78. The van der Waals surface area contributed by atoms with Crippen LogP contribution >= 0.6 is 0 Å². The summed E-state index contributed by atoms with van der Waals surface area (Å²) in [5.41, 5.74) is 1.71. The third-order valence-electron chi connectivity index (χ3n) is 7.76. The van der Waals surface area contributed by atoms with Crippen LogP contribution in [0.1, 0.15) is 44.1 Å². The van der Waals surface area contributed by atoms with Crippen LogP contribution in [0.2, 0.25) is 0 Å². The number of likely N-dealkylation sites (tertiary alicyclic amines) is 1. The number of benzene rings is 1. The van der Waals surface area contributed by atoms with E-state index >= 15 is 0 Å². The maximum absolute atomic E-state index is 5.63. The van der Waals surface area contributed by atoms with Crippen molar-refractivity contribution in [1.82, 2.24) is 20.4 Å². The molecule has 32 heavy (non-hydrogen) atoms. The fourth-order valence-corrected chi connectivity index (χ4v) is 5.78. The summed E-state index contributed by atoms with van der Waals surface area (Å²) >= 11 is 0. The maximum atomic E-state index is 5.63. The van der Waals surface area contributed by atoms with E-state index < -0.39 is 0 Å². The lowest BCUT2D eigenvalue weighted by Crippen LogP contribution is -2.60. The Bertz CT molecular complexity index is 697. The largest absolute Gasteiger partial charge is 0.379 e. The van der Waals surface area contributed by atoms with Gasteiger partial charge < -0.3 is 20.3 Å². The average molecular weight is 442 g/mol. The molecule has 4 rings (SSSR count). The smallest absolute Gasteiger partial charge is 0.191 e. The van der Waals surface area contributed by atoms with Gasteiger partial charge in [0.2, 0.25) is 0 Å². The second kappa shape index (κ2) is 12.0. The van der Waals surface area contributed by atoms with Crippen molar-refractivity contribution in [1.29, 1.82) is 0 Å². The van der Waals surface area contributed by atoms with Crippen LogP contribution < -0.4 is 10.6 Å². The predicted octanol–water partition coefficient (Wildman–Crippen LogP) is 2.75. The van der Waals surface area contributed by atoms with Gasteiger partial charge in [0, 0.05) is 51.9 Å². The Kier molecular flexibility index (Phi) is 8.83. The summed E-state index contributed by atoms with van der Waals surface area (Å²) in [7, 11) is 1.90. The van der Waals surface area contributed by atoms with Gasteiger partial charge in [-0.15, -0.1) is 0 Å². The highest BCUT2D eigenvalue weighted by Crippen LogP contribution is 2.33. The first kappa shape index (κ1) is 23.5. The molecule has 2 aliphatic heterocycles. The molecule has 0 aromatic heterocycles. The van der Waals surface area contributed by atoms with Crippen LogP contribution in [-0.2, 0) is 11.2 Å². The number of aliphatic imine (C=N–C) groups is 1. The number of rotatable bonds is 8. The molecule has 0 spiro atoms. The van der Waals surface area contributed by atoms with Crippen LogP contribution in [0.5, 0.6) is 0 Å². The van der Waals surface area contributed by atoms with Gasteiger partial charge in [-0.1, -0.05) is 49.6 Å². The molecule has 2 heterocycles. The van der Waals surface area contributed by atoms with E-state index in [4.69, 9.17) is 4.74 Å². The summed E-state index contributed by atoms with van der Waals surface area (Å²) in [6, 6.07) is 10.9. The van der Waals surface area contributed by atoms with Crippen molar-refractivity contribution in [3.8, 4) is 0 Å². The molecule has 3 fully saturated rings. The lowest BCUT2D eigenvalue weighted by molar-refractivity contribution is -0.0352. The van der Waals surface area contributed by atoms with E-state index in [0.29, 0.717) is 5.92 Å². The van der Waals surface area contributed by atoms with Gasteiger partial charge in [0.1, 0.15) is 0 Å². The second-order valence-corrected chi connectivity index (χ2v) is 9.88. The fraction of sp³-hybridized carbons (Fsp3) is 0.731. The van der Waals surface area contributed by atoms with Crippen molar-refractivity contribution in [3.63, 3.8) is 0 Å². The van der Waals surface area contributed by atoms with Gasteiger partial charge in [-0.2, -0.15) is 0 Å². The van der Waals surface area contributed by atoms with E-state index in [1.165, 1.54) is 57.2 Å². The molecule has 2 saturated heterocycles. The van der Waals surface area contributed by atoms with E-state index in [1.54, 1.807) is 0 Å². The molecule has 1 unspecified atom stereocenters. The molecule has 1 aliphatic carbocycles. The maximum Gasteiger partial charge on any atom is 0.191 e. The molecule has 0 amide bonds. The Labute approximate surface area is 194 Å². The van der Waals surface area contributed by atoms with Crippen molar-refractivity contribution in [2.45, 2.75) is 50.5 Å². The van der Waals surface area contributed by atoms with Crippen molar-refractivity contribution in [2.24, 2.45) is 10.9 Å². The zero-order valence-electron chi connectivity index (χ0n) is 20.0. The molecule has 1 atom stereocenters. The molecule has 2 N–H and O–H groups in total. The molecule has 0 radical (unpaired) electrons. The van der Waals surface area contributed by atoms with Crippen LogP contribution in [0.25, 0.3) is 0 Å². The minimum absolute atomic E-state index is 0.265. The highest BCUT2D eigenvalue weighted by molar-refractivity contribution is 5.79. The number of guanidine groups is 1. The number of nitrogens with one attached hydrogen (secondary N) is 2. The Hall–Kier alpha value is -1.63. The quantitative estimate of drug-likeness (QED) is 0.480. The third-order valence-corrected chi connectivity index (χ3v) is 7.76. The van der Waals surface area contributed by atoms with Gasteiger partial charge >= 0.3 is 0 Å². The highest BCUT2D eigenvalue weighted by Gasteiger charge is 2.38. The SMILES string of the molecule is CN=C(NCC1CCN(CCc2ccccc2)C1)NCC1(N2CCOCC2)CCCCC1. The third kappa shape index (κ3) is 6.46. The van der Waals surface area contributed by atoms with Crippen LogP contribution in [0.4, 0.5) is 0 Å². The van der Waals surface area contributed by atoms with Gasteiger partial charge in [0.05, 0.1) is 13.2 Å². The van der Waals surface area contributed by atoms with Gasteiger partial charge in [-0.3, -0.25) is 9.89 Å². The van der Waals surface area contributed by atoms with Crippen molar-refractivity contribution < 1.29 is 4.74 Å². The van der Waals surface area contributed by atoms with E-state index in [-0.39, 0.29) is 5.54 Å². The van der Waals surface area contributed by atoms with Crippen molar-refractivity contribution in [2.75, 3.05) is 66.1 Å². The summed E-state index contributed by atoms with van der Waals surface area (Å²) in [4.78, 5) is 9.85. The standard InChI is InChI=1S/C26H43N5O/c1-27-25(29-22-26(12-6-3-7-13-26)31-16-18-32-19-17-31)28-20-24-11-15-30(21-24)14-10-23-8-4-2-5-9-23/h2,4-5,8-9,24H,3,6-7,10-22H2,1H3,(H2,27,28,29). The van der Waals surface area contributed by atoms with Crippen LogP contribution in [0.15, 0.2) is 35.3 Å². The lowest BCUT2D eigenvalue weighted by Gasteiger charge is -2.48. The summed E-state index contributed by atoms with van der Waals surface area (Å²) in [6.07, 6.45) is 9.05. The minimum Gasteiger partial charge on any atom is -0.379 e. The lowest BCUT2D eigenvalue weighted by atomic mass is 9.80. The first-order chi connectivity index (χ1) is 15.8. The zero-order valence-corrected chi connectivity index (χ0v) is 20.0. The molecule has 3 aliphatic rings. The van der Waals surface area contributed by atoms with E-state index in [9.17, 15) is 0 Å². The van der Waals surface area contributed by atoms with E-state index in [2.05, 4.69) is 55.8 Å².